The Morgan fingerprint density at radius 3 is 2.37 bits per heavy atom. The second kappa shape index (κ2) is 9.64. The Morgan fingerprint density at radius 1 is 1.00 bits per heavy atom. The molecule has 1 aliphatic heterocycles. The summed E-state index contributed by atoms with van der Waals surface area (Å²) in [6, 6.07) is 17.4. The Balaban J connectivity index is 1.98. The van der Waals surface area contributed by atoms with E-state index in [2.05, 4.69) is 0 Å². The number of aliphatic hydroxyl groups excluding tert-OH is 1. The molecule has 0 aromatic heterocycles. The van der Waals surface area contributed by atoms with Gasteiger partial charge in [-0.05, 0) is 48.4 Å². The summed E-state index contributed by atoms with van der Waals surface area (Å²) in [6.45, 7) is 1.79. The van der Waals surface area contributed by atoms with Crippen LogP contribution in [0.4, 0.5) is 5.69 Å². The summed E-state index contributed by atoms with van der Waals surface area (Å²) in [5.41, 5.74) is 1.91. The summed E-state index contributed by atoms with van der Waals surface area (Å²) >= 11 is 6.32. The fourth-order valence-corrected chi connectivity index (χ4v) is 4.56. The summed E-state index contributed by atoms with van der Waals surface area (Å²) in [5.74, 6) is -2.54. The number of aryl methyl sites for hydroxylation is 1. The quantitative estimate of drug-likeness (QED) is 0.232. The molecule has 0 radical (unpaired) electrons. The SMILES string of the molecule is COC(=O)c1cccc(N2C(=O)C(=O)/C(=C(/O)c3cc(C)cc(Cl)c3OC)C2c2ccccc2)c1. The Bertz CT molecular complexity index is 1370. The van der Waals surface area contributed by atoms with Crippen LogP contribution in [0.5, 0.6) is 5.75 Å². The maximum atomic E-state index is 13.4. The summed E-state index contributed by atoms with van der Waals surface area (Å²) in [4.78, 5) is 40.1. The van der Waals surface area contributed by atoms with Gasteiger partial charge in [-0.3, -0.25) is 14.5 Å². The predicted molar refractivity (Wildman–Crippen MR) is 132 cm³/mol. The normalized spacial score (nSPS) is 16.9. The van der Waals surface area contributed by atoms with E-state index in [-0.39, 0.29) is 27.5 Å². The third kappa shape index (κ3) is 4.26. The highest BCUT2D eigenvalue weighted by Crippen LogP contribution is 2.44. The summed E-state index contributed by atoms with van der Waals surface area (Å²) in [7, 11) is 2.66. The molecule has 8 heteroatoms. The van der Waals surface area contributed by atoms with E-state index in [0.29, 0.717) is 11.3 Å². The van der Waals surface area contributed by atoms with Crippen molar-refractivity contribution in [2.75, 3.05) is 19.1 Å². The number of ether oxygens (including phenoxy) is 2. The average molecular weight is 492 g/mol. The molecule has 1 heterocycles. The largest absolute Gasteiger partial charge is 0.507 e. The van der Waals surface area contributed by atoms with Crippen molar-refractivity contribution in [2.45, 2.75) is 13.0 Å². The Hall–Kier alpha value is -4.10. The highest BCUT2D eigenvalue weighted by atomic mass is 35.5. The zero-order valence-electron chi connectivity index (χ0n) is 19.2. The van der Waals surface area contributed by atoms with Crippen LogP contribution in [-0.4, -0.2) is 37.0 Å². The van der Waals surface area contributed by atoms with Crippen LogP contribution in [0.1, 0.15) is 33.1 Å². The number of rotatable bonds is 5. The molecule has 1 unspecified atom stereocenters. The number of methoxy groups -OCH3 is 2. The van der Waals surface area contributed by atoms with E-state index in [1.54, 1.807) is 67.6 Å². The maximum absolute atomic E-state index is 13.4. The van der Waals surface area contributed by atoms with Crippen LogP contribution in [0.3, 0.4) is 0 Å². The van der Waals surface area contributed by atoms with Gasteiger partial charge in [-0.15, -0.1) is 0 Å². The van der Waals surface area contributed by atoms with Crippen molar-refractivity contribution < 1.29 is 29.0 Å². The minimum absolute atomic E-state index is 0.121. The van der Waals surface area contributed by atoms with E-state index in [9.17, 15) is 19.5 Å². The standard InChI is InChI=1S/C27H22ClNO6/c1-15-12-19(25(34-2)20(28)13-15)23(30)21-22(16-8-5-4-6-9-16)29(26(32)24(21)31)18-11-7-10-17(14-18)27(33)35-3/h4-14,22,30H,1-3H3/b23-21+. The van der Waals surface area contributed by atoms with Crippen LogP contribution in [0.25, 0.3) is 5.76 Å². The van der Waals surface area contributed by atoms with E-state index >= 15 is 0 Å². The number of anilines is 1. The molecule has 1 amide bonds. The molecule has 7 nitrogen and oxygen atoms in total. The van der Waals surface area contributed by atoms with Crippen molar-refractivity contribution in [3.05, 3.63) is 99.6 Å². The van der Waals surface area contributed by atoms with E-state index < -0.39 is 29.5 Å². The molecule has 1 N–H and O–H groups in total. The van der Waals surface area contributed by atoms with Gasteiger partial charge in [-0.1, -0.05) is 48.0 Å². The first-order valence-electron chi connectivity index (χ1n) is 10.7. The molecule has 0 saturated carbocycles. The topological polar surface area (TPSA) is 93.1 Å². The van der Waals surface area contributed by atoms with Gasteiger partial charge < -0.3 is 14.6 Å². The number of hydrogen-bond donors (Lipinski definition) is 1. The highest BCUT2D eigenvalue weighted by Gasteiger charge is 2.47. The number of esters is 1. The molecule has 1 aliphatic rings. The first-order valence-corrected chi connectivity index (χ1v) is 11.0. The maximum Gasteiger partial charge on any atom is 0.337 e. The molecule has 1 saturated heterocycles. The van der Waals surface area contributed by atoms with Crippen LogP contribution >= 0.6 is 11.6 Å². The van der Waals surface area contributed by atoms with E-state index in [0.717, 1.165) is 5.56 Å². The molecule has 0 spiro atoms. The number of nitrogens with zero attached hydrogens (tertiary/aromatic N) is 1. The molecule has 3 aromatic rings. The summed E-state index contributed by atoms with van der Waals surface area (Å²) in [5, 5.41) is 11.7. The number of Topliss-reactive ketones (excluding diaryl/α,β-unsaturated/α-hetero) is 1. The van der Waals surface area contributed by atoms with E-state index in [4.69, 9.17) is 21.1 Å². The Morgan fingerprint density at radius 2 is 1.71 bits per heavy atom. The third-order valence-corrected chi connectivity index (χ3v) is 6.03. The lowest BCUT2D eigenvalue weighted by atomic mass is 9.94. The minimum Gasteiger partial charge on any atom is -0.507 e. The van der Waals surface area contributed by atoms with Gasteiger partial charge in [0.1, 0.15) is 11.5 Å². The van der Waals surface area contributed by atoms with Crippen molar-refractivity contribution in [3.63, 3.8) is 0 Å². The highest BCUT2D eigenvalue weighted by molar-refractivity contribution is 6.51. The van der Waals surface area contributed by atoms with Crippen molar-refractivity contribution in [2.24, 2.45) is 0 Å². The first-order chi connectivity index (χ1) is 16.8. The number of benzene rings is 3. The molecule has 35 heavy (non-hydrogen) atoms. The van der Waals surface area contributed by atoms with Crippen LogP contribution in [0.15, 0.2) is 72.3 Å². The van der Waals surface area contributed by atoms with Crippen LogP contribution in [-0.2, 0) is 14.3 Å². The van der Waals surface area contributed by atoms with Gasteiger partial charge in [0.15, 0.2) is 0 Å². The van der Waals surface area contributed by atoms with Gasteiger partial charge in [-0.2, -0.15) is 0 Å². The van der Waals surface area contributed by atoms with Crippen LogP contribution in [0, 0.1) is 6.92 Å². The second-order valence-corrected chi connectivity index (χ2v) is 8.36. The third-order valence-electron chi connectivity index (χ3n) is 5.75. The summed E-state index contributed by atoms with van der Waals surface area (Å²) in [6.07, 6.45) is 0. The fraction of sp³-hybridized carbons (Fsp3) is 0.148. The van der Waals surface area contributed by atoms with E-state index in [1.807, 2.05) is 0 Å². The van der Waals surface area contributed by atoms with Crippen LogP contribution < -0.4 is 9.64 Å². The Kier molecular flexibility index (Phi) is 6.62. The minimum atomic E-state index is -0.965. The number of halogens is 1. The Labute approximate surface area is 207 Å². The van der Waals surface area contributed by atoms with Gasteiger partial charge in [-0.25, -0.2) is 4.79 Å². The number of carbonyl (C=O) groups excluding carboxylic acids is 3. The number of hydrogen-bond acceptors (Lipinski definition) is 6. The molecule has 4 rings (SSSR count). The molecular formula is C27H22ClNO6. The van der Waals surface area contributed by atoms with Crippen molar-refractivity contribution in [1.29, 1.82) is 0 Å². The number of carbonyl (C=O) groups is 3. The van der Waals surface area contributed by atoms with Gasteiger partial charge in [0.05, 0.1) is 42.0 Å². The lowest BCUT2D eigenvalue weighted by Crippen LogP contribution is -2.29. The zero-order valence-corrected chi connectivity index (χ0v) is 20.0. The molecule has 178 valence electrons. The molecule has 0 bridgehead atoms. The number of aliphatic hydroxyl groups is 1. The van der Waals surface area contributed by atoms with E-state index in [1.165, 1.54) is 25.2 Å². The monoisotopic (exact) mass is 491 g/mol. The lowest BCUT2D eigenvalue weighted by Gasteiger charge is -2.26. The predicted octanol–water partition coefficient (Wildman–Crippen LogP) is 5.07. The van der Waals surface area contributed by atoms with Crippen LogP contribution in [0.2, 0.25) is 5.02 Å². The van der Waals surface area contributed by atoms with Gasteiger partial charge >= 0.3 is 5.97 Å². The summed E-state index contributed by atoms with van der Waals surface area (Å²) < 4.78 is 10.2. The lowest BCUT2D eigenvalue weighted by molar-refractivity contribution is -0.132. The molecular weight excluding hydrogens is 470 g/mol. The van der Waals surface area contributed by atoms with Crippen molar-refractivity contribution in [3.8, 4) is 5.75 Å². The van der Waals surface area contributed by atoms with Crippen molar-refractivity contribution >= 4 is 40.7 Å². The average Bonchev–Trinajstić information content (AvgIpc) is 3.13. The fourth-order valence-electron chi connectivity index (χ4n) is 4.21. The smallest absolute Gasteiger partial charge is 0.337 e. The molecule has 1 fully saturated rings. The zero-order chi connectivity index (χ0) is 25.3. The molecule has 3 aromatic carbocycles. The first kappa shape index (κ1) is 24.0. The number of amides is 1. The van der Waals surface area contributed by atoms with Crippen molar-refractivity contribution in [1.82, 2.24) is 0 Å². The second-order valence-electron chi connectivity index (χ2n) is 7.95. The van der Waals surface area contributed by atoms with Gasteiger partial charge in [0.2, 0.25) is 0 Å². The van der Waals surface area contributed by atoms with Gasteiger partial charge in [0.25, 0.3) is 11.7 Å². The molecule has 1 atom stereocenters. The molecule has 0 aliphatic carbocycles. The van der Waals surface area contributed by atoms with Gasteiger partial charge in [0, 0.05) is 5.69 Å². The number of ketones is 1.